The molecule has 0 amide bonds. The Morgan fingerprint density at radius 3 is 2.37 bits per heavy atom. The van der Waals surface area contributed by atoms with Crippen LogP contribution in [0.5, 0.6) is 0 Å². The highest BCUT2D eigenvalue weighted by Gasteiger charge is 2.20. The molecule has 0 saturated carbocycles. The minimum atomic E-state index is 0.630. The van der Waals surface area contributed by atoms with E-state index in [1.165, 1.54) is 5.56 Å². The van der Waals surface area contributed by atoms with E-state index in [1.807, 2.05) is 36.2 Å². The van der Waals surface area contributed by atoms with Crippen LogP contribution >= 0.6 is 0 Å². The molecule has 0 spiro atoms. The summed E-state index contributed by atoms with van der Waals surface area (Å²) < 4.78 is 0. The Bertz CT molecular complexity index is 850. The van der Waals surface area contributed by atoms with Crippen LogP contribution in [0.3, 0.4) is 0 Å². The van der Waals surface area contributed by atoms with Gasteiger partial charge in [0.25, 0.3) is 0 Å². The molecule has 0 bridgehead atoms. The van der Waals surface area contributed by atoms with Crippen LogP contribution in [0, 0.1) is 0 Å². The Kier molecular flexibility index (Phi) is 5.04. The van der Waals surface area contributed by atoms with Crippen molar-refractivity contribution in [2.45, 2.75) is 6.54 Å². The van der Waals surface area contributed by atoms with Gasteiger partial charge in [0.15, 0.2) is 5.82 Å². The van der Waals surface area contributed by atoms with Gasteiger partial charge in [0, 0.05) is 52.2 Å². The van der Waals surface area contributed by atoms with Gasteiger partial charge in [-0.05, 0) is 11.6 Å². The summed E-state index contributed by atoms with van der Waals surface area (Å²) >= 11 is 0. The predicted octanol–water partition coefficient (Wildman–Crippen LogP) is 1.62. The topological polar surface area (TPSA) is 74.2 Å². The summed E-state index contributed by atoms with van der Waals surface area (Å²) in [4.78, 5) is 19.8. The van der Waals surface area contributed by atoms with E-state index < -0.39 is 0 Å². The van der Waals surface area contributed by atoms with Crippen LogP contribution in [0.25, 0.3) is 0 Å². The number of hydrogen-bond donors (Lipinski definition) is 0. The first-order valence-corrected chi connectivity index (χ1v) is 9.01. The summed E-state index contributed by atoms with van der Waals surface area (Å²) in [6, 6.07) is 12.1. The van der Waals surface area contributed by atoms with Crippen molar-refractivity contribution in [3.63, 3.8) is 0 Å². The van der Waals surface area contributed by atoms with Gasteiger partial charge < -0.3 is 14.7 Å². The average molecular weight is 362 g/mol. The highest BCUT2D eigenvalue weighted by Crippen LogP contribution is 2.18. The van der Waals surface area contributed by atoms with Gasteiger partial charge in [-0.25, -0.2) is 9.97 Å². The van der Waals surface area contributed by atoms with E-state index in [2.05, 4.69) is 42.1 Å². The second-order valence-corrected chi connectivity index (χ2v) is 6.48. The molecule has 0 unspecified atom stereocenters. The smallest absolute Gasteiger partial charge is 0.247 e. The van der Waals surface area contributed by atoms with Crippen molar-refractivity contribution in [2.24, 2.45) is 0 Å². The van der Waals surface area contributed by atoms with Gasteiger partial charge in [0.2, 0.25) is 11.9 Å². The Morgan fingerprint density at radius 2 is 1.63 bits per heavy atom. The molecule has 3 heterocycles. The van der Waals surface area contributed by atoms with Crippen LogP contribution in [-0.2, 0) is 6.54 Å². The second-order valence-electron chi connectivity index (χ2n) is 6.48. The Morgan fingerprint density at radius 1 is 0.926 bits per heavy atom. The summed E-state index contributed by atoms with van der Waals surface area (Å²) in [5, 5.41) is 8.37. The number of anilines is 3. The lowest BCUT2D eigenvalue weighted by molar-refractivity contribution is 0.631. The zero-order chi connectivity index (χ0) is 18.5. The number of hydrogen-bond acceptors (Lipinski definition) is 8. The van der Waals surface area contributed by atoms with Crippen molar-refractivity contribution >= 4 is 17.7 Å². The zero-order valence-electron chi connectivity index (χ0n) is 15.3. The SMILES string of the molecule is CN(Cc1ccccc1)c1nncc(N2CCN(c3ncccn3)CC2)n1. The number of nitrogens with zero attached hydrogens (tertiary/aromatic N) is 8. The maximum Gasteiger partial charge on any atom is 0.247 e. The van der Waals surface area contributed by atoms with Crippen LogP contribution in [0.4, 0.5) is 17.7 Å². The molecule has 2 aromatic heterocycles. The van der Waals surface area contributed by atoms with Crippen molar-refractivity contribution < 1.29 is 0 Å². The summed E-state index contributed by atoms with van der Waals surface area (Å²) in [6.07, 6.45) is 5.28. The van der Waals surface area contributed by atoms with Crippen LogP contribution in [0.2, 0.25) is 0 Å². The fraction of sp³-hybridized carbons (Fsp3) is 0.316. The van der Waals surface area contributed by atoms with Crippen molar-refractivity contribution in [2.75, 3.05) is 47.9 Å². The van der Waals surface area contributed by atoms with Crippen LogP contribution in [0.1, 0.15) is 5.56 Å². The van der Waals surface area contributed by atoms with Gasteiger partial charge in [0.05, 0.1) is 6.20 Å². The summed E-state index contributed by atoms with van der Waals surface area (Å²) in [7, 11) is 1.98. The van der Waals surface area contributed by atoms with E-state index in [1.54, 1.807) is 18.6 Å². The molecule has 8 nitrogen and oxygen atoms in total. The molecular weight excluding hydrogens is 340 g/mol. The lowest BCUT2D eigenvalue weighted by atomic mass is 10.2. The Balaban J connectivity index is 1.41. The van der Waals surface area contributed by atoms with E-state index >= 15 is 0 Å². The summed E-state index contributed by atoms with van der Waals surface area (Å²) in [6.45, 7) is 4.13. The van der Waals surface area contributed by atoms with Crippen molar-refractivity contribution in [3.8, 4) is 0 Å². The minimum Gasteiger partial charge on any atom is -0.352 e. The largest absolute Gasteiger partial charge is 0.352 e. The van der Waals surface area contributed by atoms with E-state index in [0.29, 0.717) is 5.95 Å². The molecule has 3 aromatic rings. The second kappa shape index (κ2) is 7.94. The summed E-state index contributed by atoms with van der Waals surface area (Å²) in [5.41, 5.74) is 1.21. The molecule has 1 aliphatic heterocycles. The van der Waals surface area contributed by atoms with Crippen molar-refractivity contribution in [1.29, 1.82) is 0 Å². The van der Waals surface area contributed by atoms with Crippen molar-refractivity contribution in [3.05, 3.63) is 60.6 Å². The fourth-order valence-electron chi connectivity index (χ4n) is 3.12. The van der Waals surface area contributed by atoms with Gasteiger partial charge in [0.1, 0.15) is 0 Å². The first kappa shape index (κ1) is 17.1. The molecule has 0 radical (unpaired) electrons. The maximum absolute atomic E-state index is 4.72. The first-order valence-electron chi connectivity index (χ1n) is 9.01. The molecule has 0 N–H and O–H groups in total. The lowest BCUT2D eigenvalue weighted by Crippen LogP contribution is -2.47. The fourth-order valence-corrected chi connectivity index (χ4v) is 3.12. The number of benzene rings is 1. The lowest BCUT2D eigenvalue weighted by Gasteiger charge is -2.35. The molecule has 1 aromatic carbocycles. The number of aromatic nitrogens is 5. The van der Waals surface area contributed by atoms with Gasteiger partial charge in [-0.1, -0.05) is 30.3 Å². The number of rotatable bonds is 5. The predicted molar refractivity (Wildman–Crippen MR) is 105 cm³/mol. The first-order chi connectivity index (χ1) is 13.3. The Labute approximate surface area is 158 Å². The number of piperazine rings is 1. The van der Waals surface area contributed by atoms with Crippen LogP contribution in [-0.4, -0.2) is 58.4 Å². The molecule has 27 heavy (non-hydrogen) atoms. The maximum atomic E-state index is 4.72. The van der Waals surface area contributed by atoms with Crippen LogP contribution in [0.15, 0.2) is 55.0 Å². The molecule has 0 aliphatic carbocycles. The van der Waals surface area contributed by atoms with Gasteiger partial charge in [-0.3, -0.25) is 0 Å². The van der Waals surface area contributed by atoms with E-state index in [4.69, 9.17) is 4.98 Å². The van der Waals surface area contributed by atoms with Crippen LogP contribution < -0.4 is 14.7 Å². The van der Waals surface area contributed by atoms with Crippen molar-refractivity contribution in [1.82, 2.24) is 25.1 Å². The molecule has 1 fully saturated rings. The normalized spacial score (nSPS) is 14.3. The van der Waals surface area contributed by atoms with E-state index in [9.17, 15) is 0 Å². The third-order valence-corrected chi connectivity index (χ3v) is 4.58. The average Bonchev–Trinajstić information content (AvgIpc) is 2.75. The molecule has 8 heteroatoms. The Hall–Kier alpha value is -3.29. The van der Waals surface area contributed by atoms with E-state index in [-0.39, 0.29) is 0 Å². The quantitative estimate of drug-likeness (QED) is 0.678. The minimum absolute atomic E-state index is 0.630. The third kappa shape index (κ3) is 4.11. The standard InChI is InChI=1S/C19H22N8/c1-25(15-16-6-3-2-4-7-16)19-23-17(14-22-24-19)26-10-12-27(13-11-26)18-20-8-5-9-21-18/h2-9,14H,10-13,15H2,1H3. The monoisotopic (exact) mass is 362 g/mol. The zero-order valence-corrected chi connectivity index (χ0v) is 15.3. The molecular formula is C19H22N8. The van der Waals surface area contributed by atoms with Gasteiger partial charge >= 0.3 is 0 Å². The summed E-state index contributed by atoms with van der Waals surface area (Å²) in [5.74, 6) is 2.26. The van der Waals surface area contributed by atoms with E-state index in [0.717, 1.165) is 44.5 Å². The molecule has 0 atom stereocenters. The molecule has 4 rings (SSSR count). The third-order valence-electron chi connectivity index (χ3n) is 4.58. The van der Waals surface area contributed by atoms with Gasteiger partial charge in [-0.2, -0.15) is 10.1 Å². The highest BCUT2D eigenvalue weighted by molar-refractivity contribution is 5.44. The van der Waals surface area contributed by atoms with Gasteiger partial charge in [-0.15, -0.1) is 5.10 Å². The molecule has 138 valence electrons. The molecule has 1 aliphatic rings. The molecule has 1 saturated heterocycles. The highest BCUT2D eigenvalue weighted by atomic mass is 15.4.